The van der Waals surface area contributed by atoms with Crippen LogP contribution in [0.15, 0.2) is 24.3 Å². The number of nitrogens with two attached hydrogens (primary N) is 1. The molecule has 0 radical (unpaired) electrons. The van der Waals surface area contributed by atoms with Gasteiger partial charge in [0.15, 0.2) is 0 Å². The molecule has 84 valence electrons. The summed E-state index contributed by atoms with van der Waals surface area (Å²) in [5.41, 5.74) is 6.79. The molecule has 1 rings (SSSR count). The van der Waals surface area contributed by atoms with Gasteiger partial charge in [-0.2, -0.15) is 0 Å². The molecule has 0 saturated heterocycles. The van der Waals surface area contributed by atoms with Crippen LogP contribution in [0.2, 0.25) is 0 Å². The minimum absolute atomic E-state index is 0.179. The Hall–Kier alpha value is -1.99. The van der Waals surface area contributed by atoms with Crippen molar-refractivity contribution in [3.05, 3.63) is 29.8 Å². The fraction of sp³-hybridized carbons (Fsp3) is 0.250. The van der Waals surface area contributed by atoms with Crippen LogP contribution >= 0.6 is 0 Å². The maximum absolute atomic E-state index is 10.6. The summed E-state index contributed by atoms with van der Waals surface area (Å²) in [4.78, 5) is 10.6. The molecular formula is C12H15N3O. The fourth-order valence-electron chi connectivity index (χ4n) is 1.33. The van der Waals surface area contributed by atoms with Gasteiger partial charge in [0.1, 0.15) is 0 Å². The predicted octanol–water partition coefficient (Wildman–Crippen LogP) is 1.46. The topological polar surface area (TPSA) is 67.2 Å². The van der Waals surface area contributed by atoms with Gasteiger partial charge in [0.25, 0.3) is 0 Å². The number of nitrogens with one attached hydrogen (secondary N) is 2. The maximum atomic E-state index is 10.6. The van der Waals surface area contributed by atoms with Gasteiger partial charge in [0, 0.05) is 11.7 Å². The summed E-state index contributed by atoms with van der Waals surface area (Å²) >= 11 is 0. The summed E-state index contributed by atoms with van der Waals surface area (Å²) in [6.45, 7) is 2.55. The lowest BCUT2D eigenvalue weighted by atomic mass is 10.1. The van der Waals surface area contributed by atoms with Crippen LogP contribution < -0.4 is 16.4 Å². The molecule has 4 nitrogen and oxygen atoms in total. The monoisotopic (exact) mass is 217 g/mol. The van der Waals surface area contributed by atoms with Gasteiger partial charge in [-0.3, -0.25) is 5.32 Å². The van der Waals surface area contributed by atoms with Crippen molar-refractivity contribution in [3.63, 3.8) is 0 Å². The van der Waals surface area contributed by atoms with E-state index in [1.54, 1.807) is 12.1 Å². The lowest BCUT2D eigenvalue weighted by molar-refractivity contribution is 0.259. The maximum Gasteiger partial charge on any atom is 0.316 e. The number of hydrogen-bond acceptors (Lipinski definition) is 2. The van der Waals surface area contributed by atoms with Crippen LogP contribution in [-0.2, 0) is 0 Å². The number of hydrogen-bond donors (Lipinski definition) is 3. The summed E-state index contributed by atoms with van der Waals surface area (Å²) in [6.07, 6.45) is 5.16. The molecule has 0 heterocycles. The van der Waals surface area contributed by atoms with Crippen molar-refractivity contribution in [3.8, 4) is 12.3 Å². The third-order valence-electron chi connectivity index (χ3n) is 2.19. The van der Waals surface area contributed by atoms with Crippen molar-refractivity contribution >= 4 is 11.7 Å². The van der Waals surface area contributed by atoms with E-state index in [9.17, 15) is 4.79 Å². The summed E-state index contributed by atoms with van der Waals surface area (Å²) in [5.74, 6) is 2.52. The van der Waals surface area contributed by atoms with Gasteiger partial charge in [-0.25, -0.2) is 4.79 Å². The van der Waals surface area contributed by atoms with E-state index in [0.29, 0.717) is 12.2 Å². The van der Waals surface area contributed by atoms with E-state index in [4.69, 9.17) is 12.2 Å². The van der Waals surface area contributed by atoms with Crippen molar-refractivity contribution in [2.75, 3.05) is 11.9 Å². The van der Waals surface area contributed by atoms with E-state index in [-0.39, 0.29) is 6.04 Å². The summed E-state index contributed by atoms with van der Waals surface area (Å²) in [5, 5.41) is 5.66. The molecule has 0 spiro atoms. The number of primary amides is 1. The minimum atomic E-state index is -0.564. The highest BCUT2D eigenvalue weighted by molar-refractivity contribution is 5.87. The molecule has 1 atom stereocenters. The summed E-state index contributed by atoms with van der Waals surface area (Å²) in [7, 11) is 0. The Kier molecular flexibility index (Phi) is 4.37. The number of terminal acetylenes is 1. The quantitative estimate of drug-likeness (QED) is 0.668. The Labute approximate surface area is 95.2 Å². The van der Waals surface area contributed by atoms with Crippen LogP contribution in [0, 0.1) is 12.3 Å². The molecule has 0 saturated carbocycles. The standard InChI is InChI=1S/C12H15N3O/c1-3-8-14-9(2)10-4-6-11(7-5-10)15-12(13)16/h1,4-7,9,14H,8H2,2H3,(H3,13,15,16). The van der Waals surface area contributed by atoms with Crippen LogP contribution in [0.25, 0.3) is 0 Å². The van der Waals surface area contributed by atoms with Gasteiger partial charge in [-0.1, -0.05) is 18.1 Å². The molecule has 1 unspecified atom stereocenters. The van der Waals surface area contributed by atoms with Gasteiger partial charge in [-0.05, 0) is 24.6 Å². The second-order valence-corrected chi connectivity index (χ2v) is 3.42. The molecule has 0 fully saturated rings. The van der Waals surface area contributed by atoms with Gasteiger partial charge >= 0.3 is 6.03 Å². The lowest BCUT2D eigenvalue weighted by Crippen LogP contribution is -2.20. The Morgan fingerprint density at radius 1 is 1.50 bits per heavy atom. The number of anilines is 1. The van der Waals surface area contributed by atoms with Crippen LogP contribution in [0.4, 0.5) is 10.5 Å². The molecule has 0 bridgehead atoms. The number of carbonyl (C=O) groups excluding carboxylic acids is 1. The number of urea groups is 1. The Balaban J connectivity index is 2.64. The Bertz CT molecular complexity index is 392. The third kappa shape index (κ3) is 3.64. The number of benzene rings is 1. The van der Waals surface area contributed by atoms with Gasteiger partial charge < -0.3 is 11.1 Å². The Morgan fingerprint density at radius 2 is 2.12 bits per heavy atom. The first-order valence-electron chi connectivity index (χ1n) is 4.96. The molecule has 4 heteroatoms. The summed E-state index contributed by atoms with van der Waals surface area (Å²) in [6, 6.07) is 7.05. The van der Waals surface area contributed by atoms with Gasteiger partial charge in [0.2, 0.25) is 0 Å². The van der Waals surface area contributed by atoms with E-state index in [0.717, 1.165) is 5.56 Å². The minimum Gasteiger partial charge on any atom is -0.351 e. The van der Waals surface area contributed by atoms with E-state index in [1.165, 1.54) is 0 Å². The van der Waals surface area contributed by atoms with Crippen molar-refractivity contribution in [1.82, 2.24) is 5.32 Å². The molecule has 2 amide bonds. The van der Waals surface area contributed by atoms with Crippen molar-refractivity contribution in [2.24, 2.45) is 5.73 Å². The normalized spacial score (nSPS) is 11.5. The van der Waals surface area contributed by atoms with Gasteiger partial charge in [0.05, 0.1) is 6.54 Å². The molecule has 0 aliphatic rings. The largest absolute Gasteiger partial charge is 0.351 e. The van der Waals surface area contributed by atoms with Gasteiger partial charge in [-0.15, -0.1) is 6.42 Å². The fourth-order valence-corrected chi connectivity index (χ4v) is 1.33. The van der Waals surface area contributed by atoms with Crippen LogP contribution in [0.5, 0.6) is 0 Å². The first kappa shape index (κ1) is 12.1. The molecule has 1 aromatic carbocycles. The smallest absolute Gasteiger partial charge is 0.316 e. The summed E-state index contributed by atoms with van der Waals surface area (Å²) < 4.78 is 0. The average Bonchev–Trinajstić information content (AvgIpc) is 2.26. The van der Waals surface area contributed by atoms with Crippen molar-refractivity contribution < 1.29 is 4.79 Å². The number of carbonyl (C=O) groups is 1. The van der Waals surface area contributed by atoms with E-state index < -0.39 is 6.03 Å². The average molecular weight is 217 g/mol. The van der Waals surface area contributed by atoms with E-state index >= 15 is 0 Å². The molecule has 1 aromatic rings. The van der Waals surface area contributed by atoms with Crippen molar-refractivity contribution in [2.45, 2.75) is 13.0 Å². The van der Waals surface area contributed by atoms with Crippen LogP contribution in [0.3, 0.4) is 0 Å². The first-order valence-corrected chi connectivity index (χ1v) is 4.96. The first-order chi connectivity index (χ1) is 7.63. The molecule has 0 aliphatic carbocycles. The predicted molar refractivity (Wildman–Crippen MR) is 64.9 cm³/mol. The van der Waals surface area contributed by atoms with Crippen molar-refractivity contribution in [1.29, 1.82) is 0 Å². The molecule has 0 aromatic heterocycles. The highest BCUT2D eigenvalue weighted by atomic mass is 16.2. The molecule has 4 N–H and O–H groups in total. The zero-order valence-electron chi connectivity index (χ0n) is 9.16. The second-order valence-electron chi connectivity index (χ2n) is 3.42. The third-order valence-corrected chi connectivity index (χ3v) is 2.19. The van der Waals surface area contributed by atoms with Crippen LogP contribution in [-0.4, -0.2) is 12.6 Å². The molecule has 16 heavy (non-hydrogen) atoms. The highest BCUT2D eigenvalue weighted by Gasteiger charge is 2.03. The number of rotatable bonds is 4. The Morgan fingerprint density at radius 3 is 2.62 bits per heavy atom. The second kappa shape index (κ2) is 5.79. The van der Waals surface area contributed by atoms with E-state index in [2.05, 4.69) is 16.6 Å². The molecular weight excluding hydrogens is 202 g/mol. The highest BCUT2D eigenvalue weighted by Crippen LogP contribution is 2.15. The SMILES string of the molecule is C#CCNC(C)c1ccc(NC(N)=O)cc1. The zero-order valence-corrected chi connectivity index (χ0v) is 9.16. The lowest BCUT2D eigenvalue weighted by Gasteiger charge is -2.12. The number of amides is 2. The molecule has 0 aliphatic heterocycles. The van der Waals surface area contributed by atoms with E-state index in [1.807, 2.05) is 19.1 Å². The zero-order chi connectivity index (χ0) is 12.0. The van der Waals surface area contributed by atoms with Crippen LogP contribution in [0.1, 0.15) is 18.5 Å².